The van der Waals surface area contributed by atoms with E-state index in [1.54, 1.807) is 6.33 Å². The summed E-state index contributed by atoms with van der Waals surface area (Å²) in [6.07, 6.45) is 1.71. The zero-order valence-corrected chi connectivity index (χ0v) is 8.47. The minimum absolute atomic E-state index is 0.0597. The van der Waals surface area contributed by atoms with Gasteiger partial charge in [-0.1, -0.05) is 13.8 Å². The second kappa shape index (κ2) is 3.40. The van der Waals surface area contributed by atoms with Gasteiger partial charge < -0.3 is 9.47 Å². The third kappa shape index (κ3) is 1.49. The Bertz CT molecular complexity index is 344. The van der Waals surface area contributed by atoms with E-state index in [4.69, 9.17) is 0 Å². The Hall–Kier alpha value is -1.39. The second-order valence-electron chi connectivity index (χ2n) is 3.86. The summed E-state index contributed by atoms with van der Waals surface area (Å²) in [6.45, 7) is 6.00. The summed E-state index contributed by atoms with van der Waals surface area (Å²) in [4.78, 5) is 13.5. The third-order valence-corrected chi connectivity index (χ3v) is 2.44. The van der Waals surface area contributed by atoms with Crippen molar-refractivity contribution in [3.8, 4) is 0 Å². The molecule has 0 aromatic carbocycles. The van der Waals surface area contributed by atoms with Crippen molar-refractivity contribution in [2.75, 3.05) is 6.54 Å². The average Bonchev–Trinajstić information content (AvgIpc) is 2.62. The van der Waals surface area contributed by atoms with Crippen molar-refractivity contribution in [3.05, 3.63) is 12.2 Å². The fourth-order valence-corrected chi connectivity index (χ4v) is 1.62. The molecule has 14 heavy (non-hydrogen) atoms. The van der Waals surface area contributed by atoms with E-state index in [1.807, 2.05) is 23.3 Å². The largest absolute Gasteiger partial charge is 0.333 e. The lowest BCUT2D eigenvalue weighted by molar-refractivity contribution is -0.136. The first-order valence-corrected chi connectivity index (χ1v) is 4.84. The number of carbonyl (C=O) groups is 1. The van der Waals surface area contributed by atoms with Gasteiger partial charge in [-0.3, -0.25) is 4.79 Å². The lowest BCUT2D eigenvalue weighted by Crippen LogP contribution is -2.40. The molecule has 0 unspecified atom stereocenters. The summed E-state index contributed by atoms with van der Waals surface area (Å²) < 4.78 is 1.99. The lowest BCUT2D eigenvalue weighted by Gasteiger charge is -2.28. The highest BCUT2D eigenvalue weighted by Gasteiger charge is 2.23. The van der Waals surface area contributed by atoms with Crippen LogP contribution in [0.1, 0.15) is 19.7 Å². The fourth-order valence-electron chi connectivity index (χ4n) is 1.62. The Labute approximate surface area is 82.7 Å². The van der Waals surface area contributed by atoms with Crippen LogP contribution in [-0.2, 0) is 17.9 Å². The fraction of sp³-hybridized carbons (Fsp3) is 0.667. The smallest absolute Gasteiger partial charge is 0.225 e. The third-order valence-electron chi connectivity index (χ3n) is 2.44. The molecule has 2 heterocycles. The SMILES string of the molecule is CC(C)C(=O)N1CCn2cnnc2C1. The summed E-state index contributed by atoms with van der Waals surface area (Å²) in [6, 6.07) is 0. The van der Waals surface area contributed by atoms with Gasteiger partial charge in [-0.25, -0.2) is 0 Å². The molecular formula is C9H14N4O. The highest BCUT2D eigenvalue weighted by molar-refractivity contribution is 5.78. The molecule has 0 spiro atoms. The Kier molecular flexibility index (Phi) is 2.23. The van der Waals surface area contributed by atoms with Crippen LogP contribution in [0.2, 0.25) is 0 Å². The number of carbonyl (C=O) groups excluding carboxylic acids is 1. The van der Waals surface area contributed by atoms with Crippen LogP contribution in [0.3, 0.4) is 0 Å². The first-order valence-electron chi connectivity index (χ1n) is 4.84. The summed E-state index contributed by atoms with van der Waals surface area (Å²) in [7, 11) is 0. The van der Waals surface area contributed by atoms with Gasteiger partial charge in [-0.15, -0.1) is 10.2 Å². The number of aromatic nitrogens is 3. The van der Waals surface area contributed by atoms with E-state index in [-0.39, 0.29) is 11.8 Å². The monoisotopic (exact) mass is 194 g/mol. The first kappa shape index (κ1) is 9.18. The number of amides is 1. The predicted octanol–water partition coefficient (Wildman–Crippen LogP) is 0.276. The standard InChI is InChI=1S/C9H14N4O/c1-7(2)9(14)12-3-4-13-6-10-11-8(13)5-12/h6-7H,3-5H2,1-2H3. The van der Waals surface area contributed by atoms with E-state index in [2.05, 4.69) is 10.2 Å². The molecule has 0 N–H and O–H groups in total. The lowest BCUT2D eigenvalue weighted by atomic mass is 10.2. The Morgan fingerprint density at radius 1 is 1.50 bits per heavy atom. The van der Waals surface area contributed by atoms with Crippen LogP contribution in [-0.4, -0.2) is 32.1 Å². The van der Waals surface area contributed by atoms with E-state index in [9.17, 15) is 4.79 Å². The maximum absolute atomic E-state index is 11.7. The van der Waals surface area contributed by atoms with Crippen LogP contribution in [0.15, 0.2) is 6.33 Å². The molecule has 0 radical (unpaired) electrons. The Morgan fingerprint density at radius 2 is 2.29 bits per heavy atom. The van der Waals surface area contributed by atoms with Crippen molar-refractivity contribution in [2.24, 2.45) is 5.92 Å². The minimum atomic E-state index is 0.0597. The normalized spacial score (nSPS) is 15.8. The average molecular weight is 194 g/mol. The minimum Gasteiger partial charge on any atom is -0.333 e. The van der Waals surface area contributed by atoms with Crippen LogP contribution >= 0.6 is 0 Å². The number of nitrogens with zero attached hydrogens (tertiary/aromatic N) is 4. The highest BCUT2D eigenvalue weighted by Crippen LogP contribution is 2.11. The van der Waals surface area contributed by atoms with Crippen molar-refractivity contribution >= 4 is 5.91 Å². The van der Waals surface area contributed by atoms with Crippen LogP contribution in [0.5, 0.6) is 0 Å². The molecule has 0 atom stereocenters. The van der Waals surface area contributed by atoms with Crippen molar-refractivity contribution in [1.82, 2.24) is 19.7 Å². The molecule has 2 rings (SSSR count). The number of hydrogen-bond acceptors (Lipinski definition) is 3. The van der Waals surface area contributed by atoms with Crippen molar-refractivity contribution in [1.29, 1.82) is 0 Å². The zero-order valence-electron chi connectivity index (χ0n) is 8.47. The van der Waals surface area contributed by atoms with Gasteiger partial charge >= 0.3 is 0 Å². The Balaban J connectivity index is 2.11. The van der Waals surface area contributed by atoms with Gasteiger partial charge in [0, 0.05) is 19.0 Å². The Morgan fingerprint density at radius 3 is 3.00 bits per heavy atom. The molecule has 0 saturated heterocycles. The van der Waals surface area contributed by atoms with Crippen molar-refractivity contribution < 1.29 is 4.79 Å². The molecular weight excluding hydrogens is 180 g/mol. The van der Waals surface area contributed by atoms with E-state index in [1.165, 1.54) is 0 Å². The van der Waals surface area contributed by atoms with Gasteiger partial charge in [0.15, 0.2) is 5.82 Å². The molecule has 1 amide bonds. The number of fused-ring (bicyclic) bond motifs is 1. The topological polar surface area (TPSA) is 51.0 Å². The zero-order chi connectivity index (χ0) is 10.1. The van der Waals surface area contributed by atoms with E-state index in [0.717, 1.165) is 18.9 Å². The molecule has 0 saturated carbocycles. The van der Waals surface area contributed by atoms with E-state index in [0.29, 0.717) is 6.54 Å². The maximum atomic E-state index is 11.7. The predicted molar refractivity (Wildman–Crippen MR) is 50.3 cm³/mol. The molecule has 1 aliphatic rings. The van der Waals surface area contributed by atoms with Crippen LogP contribution in [0.4, 0.5) is 0 Å². The van der Waals surface area contributed by atoms with Gasteiger partial charge in [0.25, 0.3) is 0 Å². The van der Waals surface area contributed by atoms with Crippen LogP contribution in [0.25, 0.3) is 0 Å². The molecule has 1 aliphatic heterocycles. The molecule has 1 aromatic rings. The van der Waals surface area contributed by atoms with E-state index >= 15 is 0 Å². The number of hydrogen-bond donors (Lipinski definition) is 0. The maximum Gasteiger partial charge on any atom is 0.225 e. The van der Waals surface area contributed by atoms with Crippen LogP contribution in [0, 0.1) is 5.92 Å². The molecule has 0 fully saturated rings. The molecule has 0 aliphatic carbocycles. The quantitative estimate of drug-likeness (QED) is 0.645. The van der Waals surface area contributed by atoms with Gasteiger partial charge in [-0.05, 0) is 0 Å². The van der Waals surface area contributed by atoms with Crippen molar-refractivity contribution in [3.63, 3.8) is 0 Å². The summed E-state index contributed by atoms with van der Waals surface area (Å²) in [5.74, 6) is 1.13. The summed E-state index contributed by atoms with van der Waals surface area (Å²) in [5.41, 5.74) is 0. The highest BCUT2D eigenvalue weighted by atomic mass is 16.2. The molecule has 76 valence electrons. The van der Waals surface area contributed by atoms with Gasteiger partial charge in [0.1, 0.15) is 6.33 Å². The second-order valence-corrected chi connectivity index (χ2v) is 3.86. The molecule has 0 bridgehead atoms. The van der Waals surface area contributed by atoms with Gasteiger partial charge in [-0.2, -0.15) is 0 Å². The van der Waals surface area contributed by atoms with Gasteiger partial charge in [0.2, 0.25) is 5.91 Å². The van der Waals surface area contributed by atoms with Gasteiger partial charge in [0.05, 0.1) is 6.54 Å². The molecule has 1 aromatic heterocycles. The number of rotatable bonds is 1. The summed E-state index contributed by atoms with van der Waals surface area (Å²) in [5, 5.41) is 7.79. The first-order chi connectivity index (χ1) is 6.68. The van der Waals surface area contributed by atoms with Crippen LogP contribution < -0.4 is 0 Å². The molecule has 5 heteroatoms. The van der Waals surface area contributed by atoms with E-state index < -0.39 is 0 Å². The van der Waals surface area contributed by atoms with Crippen molar-refractivity contribution in [2.45, 2.75) is 26.9 Å². The molecule has 5 nitrogen and oxygen atoms in total. The summed E-state index contributed by atoms with van der Waals surface area (Å²) >= 11 is 0.